The summed E-state index contributed by atoms with van der Waals surface area (Å²) >= 11 is 0. The van der Waals surface area contributed by atoms with Gasteiger partial charge in [0.1, 0.15) is 6.67 Å². The third-order valence-electron chi connectivity index (χ3n) is 2.51. The Balaban J connectivity index is 3.07. The molecular formula is C11H21N3. The minimum atomic E-state index is 0.414. The van der Waals surface area contributed by atoms with Gasteiger partial charge in [0, 0.05) is 12.7 Å². The molecule has 3 nitrogen and oxygen atoms in total. The summed E-state index contributed by atoms with van der Waals surface area (Å²) in [6.45, 7) is 9.34. The van der Waals surface area contributed by atoms with Crippen LogP contribution in [0.4, 0.5) is 0 Å². The van der Waals surface area contributed by atoms with Gasteiger partial charge in [-0.2, -0.15) is 0 Å². The van der Waals surface area contributed by atoms with Gasteiger partial charge in [-0.1, -0.05) is 27.7 Å². The van der Waals surface area contributed by atoms with Crippen LogP contribution in [0, 0.1) is 11.8 Å². The fraction of sp³-hybridized carbons (Fsp3) is 0.727. The van der Waals surface area contributed by atoms with Crippen LogP contribution in [0.15, 0.2) is 16.4 Å². The Bertz CT molecular complexity index is 274. The first-order chi connectivity index (χ1) is 6.45. The first-order valence-corrected chi connectivity index (χ1v) is 5.20. The quantitative estimate of drug-likeness (QED) is 0.730. The number of aliphatic imine (C=N–C) groups is 1. The standard InChI is InChI=1S/C11H21N3/c1-7(2)10-9(12)11(8(3)4)14(5)6-13-10/h7-8H,6,12H2,1-5H3. The van der Waals surface area contributed by atoms with Gasteiger partial charge in [0.2, 0.25) is 0 Å². The molecule has 0 saturated heterocycles. The Kier molecular flexibility index (Phi) is 3.19. The topological polar surface area (TPSA) is 41.6 Å². The minimum Gasteiger partial charge on any atom is -0.396 e. The lowest BCUT2D eigenvalue weighted by atomic mass is 9.98. The maximum absolute atomic E-state index is 6.12. The highest BCUT2D eigenvalue weighted by Gasteiger charge is 2.22. The summed E-state index contributed by atoms with van der Waals surface area (Å²) in [7, 11) is 2.04. The molecular weight excluding hydrogens is 174 g/mol. The van der Waals surface area contributed by atoms with Gasteiger partial charge < -0.3 is 10.6 Å². The molecule has 1 aliphatic rings. The molecule has 1 heterocycles. The average molecular weight is 195 g/mol. The highest BCUT2D eigenvalue weighted by molar-refractivity contribution is 6.01. The Labute approximate surface area is 86.7 Å². The number of nitrogens with zero attached hydrogens (tertiary/aromatic N) is 2. The van der Waals surface area contributed by atoms with Gasteiger partial charge in [-0.3, -0.25) is 4.99 Å². The Morgan fingerprint density at radius 2 is 1.79 bits per heavy atom. The van der Waals surface area contributed by atoms with Crippen molar-refractivity contribution in [3.8, 4) is 0 Å². The minimum absolute atomic E-state index is 0.414. The molecule has 0 saturated carbocycles. The third-order valence-corrected chi connectivity index (χ3v) is 2.51. The molecule has 80 valence electrons. The molecule has 1 aliphatic heterocycles. The van der Waals surface area contributed by atoms with Crippen LogP contribution in [-0.4, -0.2) is 24.3 Å². The van der Waals surface area contributed by atoms with Crippen LogP contribution < -0.4 is 5.73 Å². The molecule has 2 N–H and O–H groups in total. The first-order valence-electron chi connectivity index (χ1n) is 5.20. The Morgan fingerprint density at radius 3 is 2.21 bits per heavy atom. The van der Waals surface area contributed by atoms with E-state index < -0.39 is 0 Å². The van der Waals surface area contributed by atoms with Crippen LogP contribution in [0.2, 0.25) is 0 Å². The van der Waals surface area contributed by atoms with Crippen molar-refractivity contribution >= 4 is 5.71 Å². The van der Waals surface area contributed by atoms with E-state index in [2.05, 4.69) is 37.6 Å². The second-order valence-corrected chi connectivity index (χ2v) is 4.49. The molecule has 0 aliphatic carbocycles. The normalized spacial score (nSPS) is 18.2. The van der Waals surface area contributed by atoms with E-state index >= 15 is 0 Å². The molecule has 0 aromatic rings. The van der Waals surface area contributed by atoms with E-state index in [1.165, 1.54) is 5.70 Å². The number of nitrogens with two attached hydrogens (primary N) is 1. The lowest BCUT2D eigenvalue weighted by Gasteiger charge is -2.31. The lowest BCUT2D eigenvalue weighted by Crippen LogP contribution is -2.34. The van der Waals surface area contributed by atoms with Gasteiger partial charge in [-0.15, -0.1) is 0 Å². The van der Waals surface area contributed by atoms with E-state index in [4.69, 9.17) is 5.73 Å². The number of rotatable bonds is 2. The van der Waals surface area contributed by atoms with Crippen LogP contribution >= 0.6 is 0 Å². The van der Waals surface area contributed by atoms with Crippen molar-refractivity contribution in [1.29, 1.82) is 0 Å². The van der Waals surface area contributed by atoms with Gasteiger partial charge >= 0.3 is 0 Å². The van der Waals surface area contributed by atoms with Gasteiger partial charge in [-0.05, 0) is 11.8 Å². The smallest absolute Gasteiger partial charge is 0.110 e. The molecule has 0 spiro atoms. The fourth-order valence-electron chi connectivity index (χ4n) is 1.93. The van der Waals surface area contributed by atoms with Crippen molar-refractivity contribution in [1.82, 2.24) is 4.90 Å². The molecule has 0 aromatic carbocycles. The van der Waals surface area contributed by atoms with Crippen LogP contribution in [0.5, 0.6) is 0 Å². The molecule has 1 rings (SSSR count). The fourth-order valence-corrected chi connectivity index (χ4v) is 1.93. The number of allylic oxidation sites excluding steroid dienone is 2. The summed E-state index contributed by atoms with van der Waals surface area (Å²) in [6.07, 6.45) is 0. The van der Waals surface area contributed by atoms with Gasteiger partial charge in [0.15, 0.2) is 0 Å². The van der Waals surface area contributed by atoms with E-state index in [0.29, 0.717) is 11.8 Å². The Hall–Kier alpha value is -0.990. The molecule has 0 fully saturated rings. The van der Waals surface area contributed by atoms with Crippen molar-refractivity contribution in [2.24, 2.45) is 22.6 Å². The van der Waals surface area contributed by atoms with Gasteiger partial charge in [0.25, 0.3) is 0 Å². The zero-order valence-corrected chi connectivity index (χ0v) is 9.83. The summed E-state index contributed by atoms with van der Waals surface area (Å²) in [4.78, 5) is 6.61. The monoisotopic (exact) mass is 195 g/mol. The van der Waals surface area contributed by atoms with Gasteiger partial charge in [-0.25, -0.2) is 0 Å². The Morgan fingerprint density at radius 1 is 1.21 bits per heavy atom. The zero-order valence-electron chi connectivity index (χ0n) is 9.83. The first kappa shape index (κ1) is 11.1. The van der Waals surface area contributed by atoms with Crippen LogP contribution in [0.3, 0.4) is 0 Å². The molecule has 0 bridgehead atoms. The number of hydrogen-bond acceptors (Lipinski definition) is 3. The van der Waals surface area contributed by atoms with Crippen molar-refractivity contribution in [3.05, 3.63) is 11.4 Å². The maximum atomic E-state index is 6.12. The summed E-state index contributed by atoms with van der Waals surface area (Å²) < 4.78 is 0. The van der Waals surface area contributed by atoms with E-state index in [-0.39, 0.29) is 0 Å². The van der Waals surface area contributed by atoms with E-state index in [1.807, 2.05) is 7.05 Å². The van der Waals surface area contributed by atoms with Crippen molar-refractivity contribution in [3.63, 3.8) is 0 Å². The molecule has 0 unspecified atom stereocenters. The highest BCUT2D eigenvalue weighted by Crippen LogP contribution is 2.22. The zero-order chi connectivity index (χ0) is 10.9. The average Bonchev–Trinajstić information content (AvgIpc) is 2.02. The van der Waals surface area contributed by atoms with E-state index in [1.54, 1.807) is 0 Å². The second-order valence-electron chi connectivity index (χ2n) is 4.49. The molecule has 3 heteroatoms. The summed E-state index contributed by atoms with van der Waals surface area (Å²) in [5.41, 5.74) is 9.29. The summed E-state index contributed by atoms with van der Waals surface area (Å²) in [5.74, 6) is 0.877. The van der Waals surface area contributed by atoms with Crippen molar-refractivity contribution in [2.45, 2.75) is 27.7 Å². The largest absolute Gasteiger partial charge is 0.396 e. The lowest BCUT2D eigenvalue weighted by molar-refractivity contribution is 0.374. The SMILES string of the molecule is CC(C)C1=NCN(C)C(C(C)C)=C1N. The summed E-state index contributed by atoms with van der Waals surface area (Å²) in [5, 5.41) is 0. The second kappa shape index (κ2) is 4.03. The van der Waals surface area contributed by atoms with Crippen molar-refractivity contribution in [2.75, 3.05) is 13.7 Å². The molecule has 0 atom stereocenters. The van der Waals surface area contributed by atoms with E-state index in [9.17, 15) is 0 Å². The highest BCUT2D eigenvalue weighted by atomic mass is 15.2. The van der Waals surface area contributed by atoms with Crippen LogP contribution in [-0.2, 0) is 0 Å². The predicted molar refractivity (Wildman–Crippen MR) is 61.0 cm³/mol. The van der Waals surface area contributed by atoms with Crippen LogP contribution in [0.25, 0.3) is 0 Å². The van der Waals surface area contributed by atoms with Gasteiger partial charge in [0.05, 0.1) is 11.4 Å². The third kappa shape index (κ3) is 1.91. The molecule has 0 radical (unpaired) electrons. The summed E-state index contributed by atoms with van der Waals surface area (Å²) in [6, 6.07) is 0. The van der Waals surface area contributed by atoms with Crippen LogP contribution in [0.1, 0.15) is 27.7 Å². The number of hydrogen-bond donors (Lipinski definition) is 1. The van der Waals surface area contributed by atoms with Crippen molar-refractivity contribution < 1.29 is 0 Å². The molecule has 0 aromatic heterocycles. The predicted octanol–water partition coefficient (Wildman–Crippen LogP) is 1.81. The molecule has 14 heavy (non-hydrogen) atoms. The van der Waals surface area contributed by atoms with E-state index in [0.717, 1.165) is 18.1 Å². The maximum Gasteiger partial charge on any atom is 0.110 e. The molecule has 0 amide bonds.